The Bertz CT molecular complexity index is 1060. The number of rotatable bonds is 4. The van der Waals surface area contributed by atoms with Crippen LogP contribution in [0.3, 0.4) is 0 Å². The number of hydrogen-bond acceptors (Lipinski definition) is 5. The number of fused-ring (bicyclic) bond motifs is 1. The lowest BCUT2D eigenvalue weighted by Crippen LogP contribution is -2.37. The van der Waals surface area contributed by atoms with Crippen molar-refractivity contribution in [2.75, 3.05) is 23.3 Å². The summed E-state index contributed by atoms with van der Waals surface area (Å²) in [4.78, 5) is 6.71. The quantitative estimate of drug-likeness (QED) is 0.664. The third-order valence-corrected chi connectivity index (χ3v) is 5.52. The van der Waals surface area contributed by atoms with Crippen molar-refractivity contribution in [1.29, 1.82) is 0 Å². The molecule has 3 heterocycles. The highest BCUT2D eigenvalue weighted by Crippen LogP contribution is 2.36. The number of aryl methyl sites for hydroxylation is 1. The Morgan fingerprint density at radius 2 is 1.86 bits per heavy atom. The van der Waals surface area contributed by atoms with Gasteiger partial charge in [-0.3, -0.25) is 0 Å². The number of nitrogens with one attached hydrogen (secondary N) is 1. The van der Waals surface area contributed by atoms with Crippen LogP contribution in [0, 0.1) is 13.8 Å². The van der Waals surface area contributed by atoms with E-state index >= 15 is 0 Å². The molecule has 2 aromatic heterocycles. The van der Waals surface area contributed by atoms with E-state index in [0.717, 1.165) is 47.9 Å². The largest absolute Gasteiger partial charge is 0.416 e. The third-order valence-electron chi connectivity index (χ3n) is 5.52. The molecule has 1 N–H and O–H groups in total. The van der Waals surface area contributed by atoms with Gasteiger partial charge in [0.15, 0.2) is 5.82 Å². The normalized spacial score (nSPS) is 15.3. The van der Waals surface area contributed by atoms with E-state index in [9.17, 15) is 13.2 Å². The zero-order chi connectivity index (χ0) is 20.8. The van der Waals surface area contributed by atoms with Crippen molar-refractivity contribution < 1.29 is 13.2 Å². The first-order chi connectivity index (χ1) is 13.8. The minimum Gasteiger partial charge on any atom is -0.362 e. The molecule has 0 unspecified atom stereocenters. The van der Waals surface area contributed by atoms with E-state index in [2.05, 4.69) is 25.4 Å². The Morgan fingerprint density at radius 3 is 2.52 bits per heavy atom. The van der Waals surface area contributed by atoms with E-state index in [1.165, 1.54) is 13.0 Å². The zero-order valence-electron chi connectivity index (χ0n) is 16.5. The maximum Gasteiger partial charge on any atom is 0.416 e. The second kappa shape index (κ2) is 7.17. The minimum absolute atomic E-state index is 0.215. The monoisotopic (exact) mass is 401 g/mol. The molecule has 0 radical (unpaired) electrons. The maximum absolute atomic E-state index is 13.3. The van der Waals surface area contributed by atoms with E-state index in [1.807, 2.05) is 19.9 Å². The molecule has 8 heteroatoms. The van der Waals surface area contributed by atoms with E-state index in [-0.39, 0.29) is 11.6 Å². The molecule has 0 spiro atoms. The highest BCUT2D eigenvalue weighted by atomic mass is 19.4. The number of alkyl halides is 3. The lowest BCUT2D eigenvalue weighted by Gasteiger charge is -2.32. The summed E-state index contributed by atoms with van der Waals surface area (Å²) in [6, 6.07) is 5.85. The molecule has 0 bridgehead atoms. The molecular weight excluding hydrogens is 379 g/mol. The molecule has 3 aromatic rings. The van der Waals surface area contributed by atoms with Gasteiger partial charge in [-0.15, -0.1) is 5.10 Å². The van der Waals surface area contributed by atoms with Gasteiger partial charge in [-0.2, -0.15) is 18.3 Å². The minimum atomic E-state index is -4.38. The topological polar surface area (TPSA) is 53.9 Å². The molecule has 152 valence electrons. The second-order valence-electron chi connectivity index (χ2n) is 7.45. The molecule has 5 nitrogen and oxygen atoms in total. The number of pyridine rings is 1. The molecule has 1 aromatic carbocycles. The summed E-state index contributed by atoms with van der Waals surface area (Å²) in [7, 11) is 0. The van der Waals surface area contributed by atoms with Crippen LogP contribution >= 0.6 is 0 Å². The first-order valence-electron chi connectivity index (χ1n) is 9.57. The van der Waals surface area contributed by atoms with Crippen LogP contribution in [-0.4, -0.2) is 28.3 Å². The van der Waals surface area contributed by atoms with Crippen LogP contribution in [0.2, 0.25) is 0 Å². The van der Waals surface area contributed by atoms with Gasteiger partial charge < -0.3 is 10.2 Å². The average Bonchev–Trinajstić information content (AvgIpc) is 2.62. The highest BCUT2D eigenvalue weighted by molar-refractivity contribution is 5.94. The number of hydrogen-bond donors (Lipinski definition) is 1. The molecule has 0 saturated carbocycles. The van der Waals surface area contributed by atoms with Gasteiger partial charge in [0.2, 0.25) is 0 Å². The van der Waals surface area contributed by atoms with Gasteiger partial charge in [-0.25, -0.2) is 4.98 Å². The number of nitrogens with zero attached hydrogens (tertiary/aromatic N) is 4. The number of benzene rings is 1. The van der Waals surface area contributed by atoms with E-state index in [4.69, 9.17) is 0 Å². The molecule has 1 aliphatic rings. The summed E-state index contributed by atoms with van der Waals surface area (Å²) < 4.78 is 39.8. The van der Waals surface area contributed by atoms with Crippen LogP contribution in [0.1, 0.15) is 41.8 Å². The fourth-order valence-corrected chi connectivity index (χ4v) is 3.70. The molecule has 1 aliphatic heterocycles. The van der Waals surface area contributed by atoms with E-state index in [1.54, 1.807) is 12.3 Å². The maximum atomic E-state index is 13.3. The lowest BCUT2D eigenvalue weighted by atomic mass is 9.97. The van der Waals surface area contributed by atoms with Gasteiger partial charge in [-0.1, -0.05) is 12.1 Å². The van der Waals surface area contributed by atoms with Gasteiger partial charge in [0.25, 0.3) is 0 Å². The Kier molecular flexibility index (Phi) is 4.80. The molecule has 0 aliphatic carbocycles. The molecule has 29 heavy (non-hydrogen) atoms. The van der Waals surface area contributed by atoms with Crippen molar-refractivity contribution in [1.82, 2.24) is 15.2 Å². The summed E-state index contributed by atoms with van der Waals surface area (Å²) in [5.41, 5.74) is 0.934. The number of aromatic nitrogens is 3. The van der Waals surface area contributed by atoms with Crippen molar-refractivity contribution in [2.45, 2.75) is 39.4 Å². The summed E-state index contributed by atoms with van der Waals surface area (Å²) >= 11 is 0. The highest BCUT2D eigenvalue weighted by Gasteiger charge is 2.33. The van der Waals surface area contributed by atoms with Crippen LogP contribution in [0.5, 0.6) is 0 Å². The standard InChI is InChI=1S/C21H22F3N5/c1-12-15(6-4-7-18(12)21(22,23)24)13(2)26-20-16-10-19(29-8-5-9-29)25-11-17(16)14(3)27-28-20/h4,6-7,10-11,13H,5,8-9H2,1-3H3,(H,26,28)/t13-/m1/s1. The molecular formula is C21H22F3N5. The predicted octanol–water partition coefficient (Wildman–Crippen LogP) is 5.04. The molecule has 1 fully saturated rings. The summed E-state index contributed by atoms with van der Waals surface area (Å²) in [6.07, 6.45) is -1.45. The zero-order valence-corrected chi connectivity index (χ0v) is 16.5. The van der Waals surface area contributed by atoms with Gasteiger partial charge in [0, 0.05) is 30.1 Å². The third kappa shape index (κ3) is 3.59. The van der Waals surface area contributed by atoms with Gasteiger partial charge >= 0.3 is 6.18 Å². The second-order valence-corrected chi connectivity index (χ2v) is 7.45. The summed E-state index contributed by atoms with van der Waals surface area (Å²) in [5.74, 6) is 1.42. The fourth-order valence-electron chi connectivity index (χ4n) is 3.70. The van der Waals surface area contributed by atoms with Crippen molar-refractivity contribution in [3.8, 4) is 0 Å². The molecule has 4 rings (SSSR count). The smallest absolute Gasteiger partial charge is 0.362 e. The van der Waals surface area contributed by atoms with Gasteiger partial charge in [-0.05, 0) is 50.5 Å². The Morgan fingerprint density at radius 1 is 1.10 bits per heavy atom. The van der Waals surface area contributed by atoms with E-state index in [0.29, 0.717) is 11.4 Å². The Balaban J connectivity index is 1.71. The fraction of sp³-hybridized carbons (Fsp3) is 0.381. The van der Waals surface area contributed by atoms with Gasteiger partial charge in [0.05, 0.1) is 17.3 Å². The number of anilines is 2. The van der Waals surface area contributed by atoms with Crippen molar-refractivity contribution in [2.24, 2.45) is 0 Å². The molecule has 1 atom stereocenters. The lowest BCUT2D eigenvalue weighted by molar-refractivity contribution is -0.138. The van der Waals surface area contributed by atoms with Gasteiger partial charge in [0.1, 0.15) is 5.82 Å². The van der Waals surface area contributed by atoms with Crippen LogP contribution < -0.4 is 10.2 Å². The molecule has 1 saturated heterocycles. The summed E-state index contributed by atoms with van der Waals surface area (Å²) in [5, 5.41) is 13.5. The SMILES string of the molecule is Cc1c([C@@H](C)Nc2nnc(C)c3cnc(N4CCC4)cc23)cccc1C(F)(F)F. The van der Waals surface area contributed by atoms with Crippen LogP contribution in [-0.2, 0) is 6.18 Å². The first-order valence-corrected chi connectivity index (χ1v) is 9.57. The average molecular weight is 401 g/mol. The van der Waals surface area contributed by atoms with Crippen molar-refractivity contribution in [3.63, 3.8) is 0 Å². The van der Waals surface area contributed by atoms with Crippen molar-refractivity contribution >= 4 is 22.4 Å². The van der Waals surface area contributed by atoms with Crippen LogP contribution in [0.15, 0.2) is 30.5 Å². The molecule has 0 amide bonds. The Hall–Kier alpha value is -2.90. The van der Waals surface area contributed by atoms with Crippen LogP contribution in [0.25, 0.3) is 10.8 Å². The summed E-state index contributed by atoms with van der Waals surface area (Å²) in [6.45, 7) is 7.14. The van der Waals surface area contributed by atoms with Crippen LogP contribution in [0.4, 0.5) is 24.8 Å². The first kappa shape index (κ1) is 19.4. The predicted molar refractivity (Wildman–Crippen MR) is 107 cm³/mol. The Labute approximate surface area is 167 Å². The van der Waals surface area contributed by atoms with Crippen molar-refractivity contribution in [3.05, 3.63) is 52.8 Å². The van der Waals surface area contributed by atoms with E-state index < -0.39 is 11.7 Å². The number of halogens is 3.